The van der Waals surface area contributed by atoms with Gasteiger partial charge in [-0.2, -0.15) is 0 Å². The third-order valence-corrected chi connectivity index (χ3v) is 2.74. The van der Waals surface area contributed by atoms with Crippen molar-refractivity contribution in [1.82, 2.24) is 4.98 Å². The zero-order valence-corrected chi connectivity index (χ0v) is 10.3. The van der Waals surface area contributed by atoms with Gasteiger partial charge in [-0.15, -0.1) is 0 Å². The van der Waals surface area contributed by atoms with Crippen molar-refractivity contribution in [3.63, 3.8) is 0 Å². The first-order valence-corrected chi connectivity index (χ1v) is 5.24. The fraction of sp³-hybridized carbons (Fsp3) is 0.250. The highest BCUT2D eigenvalue weighted by atomic mass is 16.6. The van der Waals surface area contributed by atoms with Crippen molar-refractivity contribution in [2.24, 2.45) is 0 Å². The molecule has 0 N–H and O–H groups in total. The predicted molar refractivity (Wildman–Crippen MR) is 66.2 cm³/mol. The minimum absolute atomic E-state index is 0.113. The van der Waals surface area contributed by atoms with Crippen molar-refractivity contribution in [1.29, 1.82) is 0 Å². The summed E-state index contributed by atoms with van der Waals surface area (Å²) < 4.78 is 10.2. The van der Waals surface area contributed by atoms with Crippen molar-refractivity contribution in [2.75, 3.05) is 14.2 Å². The molecule has 0 aliphatic rings. The van der Waals surface area contributed by atoms with E-state index in [1.807, 2.05) is 0 Å². The minimum Gasteiger partial charge on any atom is -0.493 e. The number of aromatic nitrogens is 1. The number of hydrogen-bond donors (Lipinski definition) is 0. The van der Waals surface area contributed by atoms with Gasteiger partial charge in [-0.3, -0.25) is 15.1 Å². The first-order valence-electron chi connectivity index (χ1n) is 5.24. The van der Waals surface area contributed by atoms with Crippen LogP contribution in [-0.4, -0.2) is 24.1 Å². The van der Waals surface area contributed by atoms with Gasteiger partial charge in [-0.25, -0.2) is 0 Å². The highest BCUT2D eigenvalue weighted by molar-refractivity contribution is 5.97. The Kier molecular flexibility index (Phi) is 3.01. The average molecular weight is 248 g/mol. The fourth-order valence-electron chi connectivity index (χ4n) is 1.97. The van der Waals surface area contributed by atoms with Gasteiger partial charge in [0.15, 0.2) is 5.75 Å². The number of rotatable bonds is 3. The molecule has 6 nitrogen and oxygen atoms in total. The summed E-state index contributed by atoms with van der Waals surface area (Å²) in [6, 6.07) is 3.41. The number of pyridine rings is 1. The zero-order valence-electron chi connectivity index (χ0n) is 10.3. The number of nitrogens with zero attached hydrogens (tertiary/aromatic N) is 2. The van der Waals surface area contributed by atoms with Crippen LogP contribution >= 0.6 is 0 Å². The summed E-state index contributed by atoms with van der Waals surface area (Å²) >= 11 is 0. The molecular weight excluding hydrogens is 236 g/mol. The number of aryl methyl sites for hydroxylation is 1. The molecule has 0 fully saturated rings. The lowest BCUT2D eigenvalue weighted by Crippen LogP contribution is -1.99. The predicted octanol–water partition coefficient (Wildman–Crippen LogP) is 2.47. The molecule has 2 aromatic rings. The van der Waals surface area contributed by atoms with Crippen LogP contribution in [0.25, 0.3) is 10.8 Å². The van der Waals surface area contributed by atoms with E-state index in [2.05, 4.69) is 4.98 Å². The van der Waals surface area contributed by atoms with Gasteiger partial charge in [-0.1, -0.05) is 0 Å². The van der Waals surface area contributed by atoms with Gasteiger partial charge in [0.25, 0.3) is 0 Å². The van der Waals surface area contributed by atoms with Crippen LogP contribution in [0.4, 0.5) is 5.69 Å². The van der Waals surface area contributed by atoms with Crippen molar-refractivity contribution < 1.29 is 14.4 Å². The number of ether oxygens (including phenoxy) is 2. The molecule has 18 heavy (non-hydrogen) atoms. The molecule has 0 unspecified atom stereocenters. The Morgan fingerprint density at radius 3 is 2.61 bits per heavy atom. The summed E-state index contributed by atoms with van der Waals surface area (Å²) in [6.07, 6.45) is 1.60. The van der Waals surface area contributed by atoms with Gasteiger partial charge in [0.05, 0.1) is 30.2 Å². The Bertz CT molecular complexity index is 625. The molecule has 1 aromatic carbocycles. The van der Waals surface area contributed by atoms with Gasteiger partial charge >= 0.3 is 5.69 Å². The van der Waals surface area contributed by atoms with Crippen LogP contribution in [0.2, 0.25) is 0 Å². The van der Waals surface area contributed by atoms with Crippen molar-refractivity contribution >= 4 is 16.5 Å². The lowest BCUT2D eigenvalue weighted by Gasteiger charge is -2.11. The molecular formula is C12H12N2O4. The highest BCUT2D eigenvalue weighted by Gasteiger charge is 2.25. The SMILES string of the molecule is COc1cc2ccnc(C)c2c([N+](=O)[O-])c1OC. The van der Waals surface area contributed by atoms with Crippen LogP contribution in [0, 0.1) is 17.0 Å². The van der Waals surface area contributed by atoms with Gasteiger partial charge in [0, 0.05) is 6.20 Å². The van der Waals surface area contributed by atoms with Crippen LogP contribution in [0.3, 0.4) is 0 Å². The van der Waals surface area contributed by atoms with Crippen LogP contribution in [-0.2, 0) is 0 Å². The molecule has 0 atom stereocenters. The van der Waals surface area contributed by atoms with E-state index in [4.69, 9.17) is 9.47 Å². The first-order chi connectivity index (χ1) is 8.60. The number of benzene rings is 1. The lowest BCUT2D eigenvalue weighted by molar-refractivity contribution is -0.384. The second-order valence-corrected chi connectivity index (χ2v) is 3.71. The Morgan fingerprint density at radius 1 is 1.33 bits per heavy atom. The molecule has 0 radical (unpaired) electrons. The number of methoxy groups -OCH3 is 2. The van der Waals surface area contributed by atoms with Crippen molar-refractivity contribution in [3.8, 4) is 11.5 Å². The van der Waals surface area contributed by atoms with Gasteiger partial charge in [-0.05, 0) is 24.4 Å². The summed E-state index contributed by atoms with van der Waals surface area (Å²) in [5.74, 6) is 0.452. The molecule has 0 saturated heterocycles. The average Bonchev–Trinajstić information content (AvgIpc) is 2.36. The molecule has 0 saturated carbocycles. The maximum atomic E-state index is 11.3. The second-order valence-electron chi connectivity index (χ2n) is 3.71. The van der Waals surface area contributed by atoms with E-state index in [-0.39, 0.29) is 11.4 Å². The molecule has 0 bridgehead atoms. The molecule has 1 aromatic heterocycles. The molecule has 0 aliphatic carbocycles. The summed E-state index contributed by atoms with van der Waals surface area (Å²) in [4.78, 5) is 14.9. The lowest BCUT2D eigenvalue weighted by atomic mass is 10.1. The smallest absolute Gasteiger partial charge is 0.324 e. The Morgan fingerprint density at radius 2 is 2.06 bits per heavy atom. The summed E-state index contributed by atoms with van der Waals surface area (Å²) in [5.41, 5.74) is 0.470. The number of hydrogen-bond acceptors (Lipinski definition) is 5. The molecule has 0 aliphatic heterocycles. The fourth-order valence-corrected chi connectivity index (χ4v) is 1.97. The zero-order chi connectivity index (χ0) is 13.3. The molecule has 94 valence electrons. The van der Waals surface area contributed by atoms with E-state index < -0.39 is 4.92 Å². The maximum absolute atomic E-state index is 11.3. The van der Waals surface area contributed by atoms with E-state index in [0.717, 1.165) is 0 Å². The number of nitro benzene ring substituents is 1. The first kappa shape index (κ1) is 12.1. The molecule has 0 amide bonds. The Labute approximate surface area is 103 Å². The van der Waals surface area contributed by atoms with Crippen LogP contribution in [0.1, 0.15) is 5.69 Å². The number of nitro groups is 1. The van der Waals surface area contributed by atoms with E-state index in [1.165, 1.54) is 14.2 Å². The van der Waals surface area contributed by atoms with Crippen molar-refractivity contribution in [3.05, 3.63) is 34.1 Å². The molecule has 2 rings (SSSR count). The quantitative estimate of drug-likeness (QED) is 0.616. The van der Waals surface area contributed by atoms with Gasteiger partial charge in [0.1, 0.15) is 0 Å². The highest BCUT2D eigenvalue weighted by Crippen LogP contribution is 2.43. The Balaban J connectivity index is 2.98. The molecule has 1 heterocycles. The maximum Gasteiger partial charge on any atom is 0.324 e. The van der Waals surface area contributed by atoms with Crippen LogP contribution in [0.15, 0.2) is 18.3 Å². The third-order valence-electron chi connectivity index (χ3n) is 2.74. The van der Waals surface area contributed by atoms with E-state index in [1.54, 1.807) is 25.3 Å². The number of fused-ring (bicyclic) bond motifs is 1. The normalized spacial score (nSPS) is 10.4. The standard InChI is InChI=1S/C12H12N2O4/c1-7-10-8(4-5-13-7)6-9(17-2)12(18-3)11(10)14(15)16/h4-6H,1-3H3. The largest absolute Gasteiger partial charge is 0.493 e. The summed E-state index contributed by atoms with van der Waals surface area (Å²) in [5, 5.41) is 12.4. The van der Waals surface area contributed by atoms with E-state index in [0.29, 0.717) is 22.2 Å². The van der Waals surface area contributed by atoms with E-state index >= 15 is 0 Å². The van der Waals surface area contributed by atoms with Gasteiger partial charge < -0.3 is 9.47 Å². The third kappa shape index (κ3) is 1.71. The molecule has 0 spiro atoms. The van der Waals surface area contributed by atoms with E-state index in [9.17, 15) is 10.1 Å². The Hall–Kier alpha value is -2.37. The van der Waals surface area contributed by atoms with Crippen LogP contribution in [0.5, 0.6) is 11.5 Å². The molecule has 6 heteroatoms. The van der Waals surface area contributed by atoms with Crippen molar-refractivity contribution in [2.45, 2.75) is 6.92 Å². The van der Waals surface area contributed by atoms with Crippen LogP contribution < -0.4 is 9.47 Å². The van der Waals surface area contributed by atoms with Gasteiger partial charge in [0.2, 0.25) is 5.75 Å². The monoisotopic (exact) mass is 248 g/mol. The second kappa shape index (κ2) is 4.48. The minimum atomic E-state index is -0.474. The summed E-state index contributed by atoms with van der Waals surface area (Å²) in [7, 11) is 2.82. The summed E-state index contributed by atoms with van der Waals surface area (Å²) in [6.45, 7) is 1.72. The topological polar surface area (TPSA) is 74.5 Å².